The second kappa shape index (κ2) is 5.16. The number of nitrogens with one attached hydrogen (secondary N) is 1. The van der Waals surface area contributed by atoms with Crippen molar-refractivity contribution in [1.29, 1.82) is 0 Å². The highest BCUT2D eigenvalue weighted by Gasteiger charge is 2.10. The van der Waals surface area contributed by atoms with E-state index < -0.39 is 0 Å². The highest BCUT2D eigenvalue weighted by Crippen LogP contribution is 2.18. The maximum absolute atomic E-state index is 13.0. The zero-order valence-electron chi connectivity index (χ0n) is 9.38. The van der Waals surface area contributed by atoms with Crippen molar-refractivity contribution in [2.75, 3.05) is 37.2 Å². The molecule has 0 bridgehead atoms. The molecule has 4 heteroatoms. The van der Waals surface area contributed by atoms with Crippen LogP contribution in [0.1, 0.15) is 12.8 Å². The lowest BCUT2D eigenvalue weighted by molar-refractivity contribution is 0.352. The van der Waals surface area contributed by atoms with Gasteiger partial charge in [-0.25, -0.2) is 4.39 Å². The van der Waals surface area contributed by atoms with Crippen LogP contribution in [-0.4, -0.2) is 31.1 Å². The molecule has 0 aliphatic carbocycles. The van der Waals surface area contributed by atoms with Crippen LogP contribution in [0.4, 0.5) is 15.8 Å². The van der Waals surface area contributed by atoms with Gasteiger partial charge in [0.05, 0.1) is 11.4 Å². The van der Waals surface area contributed by atoms with Crippen molar-refractivity contribution in [3.63, 3.8) is 0 Å². The number of nitrogen functional groups attached to an aromatic ring is 1. The second-order valence-electron chi connectivity index (χ2n) is 4.21. The van der Waals surface area contributed by atoms with Gasteiger partial charge in [-0.1, -0.05) is 0 Å². The molecule has 1 heterocycles. The van der Waals surface area contributed by atoms with Gasteiger partial charge in [0.1, 0.15) is 5.82 Å². The topological polar surface area (TPSA) is 41.3 Å². The summed E-state index contributed by atoms with van der Waals surface area (Å²) in [5, 5.41) is 3.17. The molecule has 1 aliphatic rings. The summed E-state index contributed by atoms with van der Waals surface area (Å²) in [6.45, 7) is 4.17. The quantitative estimate of drug-likeness (QED) is 0.766. The second-order valence-corrected chi connectivity index (χ2v) is 4.21. The van der Waals surface area contributed by atoms with Gasteiger partial charge in [0.25, 0.3) is 0 Å². The van der Waals surface area contributed by atoms with Crippen LogP contribution in [0.25, 0.3) is 0 Å². The maximum Gasteiger partial charge on any atom is 0.125 e. The highest BCUT2D eigenvalue weighted by molar-refractivity contribution is 5.65. The fourth-order valence-corrected chi connectivity index (χ4v) is 2.04. The van der Waals surface area contributed by atoms with E-state index in [1.165, 1.54) is 38.1 Å². The van der Waals surface area contributed by atoms with Crippen molar-refractivity contribution < 1.29 is 4.39 Å². The summed E-state index contributed by atoms with van der Waals surface area (Å²) in [5.41, 5.74) is 7.03. The molecule has 0 radical (unpaired) electrons. The Kier molecular flexibility index (Phi) is 3.62. The smallest absolute Gasteiger partial charge is 0.125 e. The van der Waals surface area contributed by atoms with E-state index in [1.54, 1.807) is 6.07 Å². The van der Waals surface area contributed by atoms with Crippen molar-refractivity contribution in [3.8, 4) is 0 Å². The molecule has 2 rings (SSSR count). The normalized spacial score (nSPS) is 16.6. The van der Waals surface area contributed by atoms with Crippen LogP contribution in [0.3, 0.4) is 0 Å². The SMILES string of the molecule is Nc1ccc(F)cc1NCCN1CCCC1. The Balaban J connectivity index is 1.82. The largest absolute Gasteiger partial charge is 0.397 e. The fourth-order valence-electron chi connectivity index (χ4n) is 2.04. The number of anilines is 2. The van der Waals surface area contributed by atoms with Crippen LogP contribution in [0.2, 0.25) is 0 Å². The summed E-state index contributed by atoms with van der Waals surface area (Å²) in [6, 6.07) is 4.41. The van der Waals surface area contributed by atoms with Gasteiger partial charge in [0.15, 0.2) is 0 Å². The van der Waals surface area contributed by atoms with Gasteiger partial charge in [-0.05, 0) is 44.1 Å². The van der Waals surface area contributed by atoms with Gasteiger partial charge in [-0.15, -0.1) is 0 Å². The maximum atomic E-state index is 13.0. The summed E-state index contributed by atoms with van der Waals surface area (Å²) in [7, 11) is 0. The molecule has 0 saturated carbocycles. The lowest BCUT2D eigenvalue weighted by Gasteiger charge is -2.16. The van der Waals surface area contributed by atoms with Gasteiger partial charge in [-0.3, -0.25) is 0 Å². The Hall–Kier alpha value is -1.29. The van der Waals surface area contributed by atoms with Crippen molar-refractivity contribution in [2.45, 2.75) is 12.8 Å². The van der Waals surface area contributed by atoms with Crippen molar-refractivity contribution in [3.05, 3.63) is 24.0 Å². The van der Waals surface area contributed by atoms with Crippen LogP contribution >= 0.6 is 0 Å². The third kappa shape index (κ3) is 2.85. The molecule has 0 atom stereocenters. The highest BCUT2D eigenvalue weighted by atomic mass is 19.1. The van der Waals surface area contributed by atoms with Gasteiger partial charge >= 0.3 is 0 Å². The zero-order chi connectivity index (χ0) is 11.4. The first-order valence-corrected chi connectivity index (χ1v) is 5.77. The Morgan fingerprint density at radius 1 is 1.31 bits per heavy atom. The van der Waals surface area contributed by atoms with Gasteiger partial charge in [0, 0.05) is 13.1 Å². The number of nitrogens with two attached hydrogens (primary N) is 1. The first-order chi connectivity index (χ1) is 7.75. The van der Waals surface area contributed by atoms with E-state index >= 15 is 0 Å². The lowest BCUT2D eigenvalue weighted by atomic mass is 10.2. The minimum absolute atomic E-state index is 0.252. The molecule has 0 aromatic heterocycles. The average molecular weight is 223 g/mol. The Morgan fingerprint density at radius 3 is 2.81 bits per heavy atom. The van der Waals surface area contributed by atoms with E-state index in [0.717, 1.165) is 13.1 Å². The first-order valence-electron chi connectivity index (χ1n) is 5.77. The number of halogens is 1. The number of hydrogen-bond donors (Lipinski definition) is 2. The standard InChI is InChI=1S/C12H18FN3/c13-10-3-4-11(14)12(9-10)15-5-8-16-6-1-2-7-16/h3-4,9,15H,1-2,5-8,14H2. The monoisotopic (exact) mass is 223 g/mol. The number of benzene rings is 1. The van der Waals surface area contributed by atoms with E-state index in [0.29, 0.717) is 11.4 Å². The number of rotatable bonds is 4. The molecule has 1 fully saturated rings. The van der Waals surface area contributed by atoms with E-state index in [4.69, 9.17) is 5.73 Å². The first kappa shape index (κ1) is 11.2. The third-order valence-corrected chi connectivity index (χ3v) is 2.96. The van der Waals surface area contributed by atoms with Crippen LogP contribution in [-0.2, 0) is 0 Å². The molecule has 3 N–H and O–H groups in total. The summed E-state index contributed by atoms with van der Waals surface area (Å²) in [5.74, 6) is -0.252. The van der Waals surface area contributed by atoms with Crippen molar-refractivity contribution in [1.82, 2.24) is 4.90 Å². The molecule has 3 nitrogen and oxygen atoms in total. The minimum atomic E-state index is -0.252. The molecule has 1 aromatic rings. The number of nitrogens with zero attached hydrogens (tertiary/aromatic N) is 1. The summed E-state index contributed by atoms with van der Waals surface area (Å²) < 4.78 is 13.0. The van der Waals surface area contributed by atoms with Gasteiger partial charge in [0.2, 0.25) is 0 Å². The summed E-state index contributed by atoms with van der Waals surface area (Å²) in [4.78, 5) is 2.41. The van der Waals surface area contributed by atoms with Crippen LogP contribution < -0.4 is 11.1 Å². The molecule has 88 valence electrons. The van der Waals surface area contributed by atoms with Gasteiger partial charge in [-0.2, -0.15) is 0 Å². The van der Waals surface area contributed by atoms with E-state index in [1.807, 2.05) is 0 Å². The summed E-state index contributed by atoms with van der Waals surface area (Å²) in [6.07, 6.45) is 2.59. The van der Waals surface area contributed by atoms with E-state index in [9.17, 15) is 4.39 Å². The Morgan fingerprint density at radius 2 is 2.06 bits per heavy atom. The van der Waals surface area contributed by atoms with Crippen molar-refractivity contribution in [2.24, 2.45) is 0 Å². The van der Waals surface area contributed by atoms with Gasteiger partial charge < -0.3 is 16.0 Å². The van der Waals surface area contributed by atoms with Crippen LogP contribution in [0.5, 0.6) is 0 Å². The fraction of sp³-hybridized carbons (Fsp3) is 0.500. The molecule has 1 saturated heterocycles. The molecule has 0 unspecified atom stereocenters. The van der Waals surface area contributed by atoms with E-state index in [-0.39, 0.29) is 5.82 Å². The molecular weight excluding hydrogens is 205 g/mol. The predicted octanol–water partition coefficient (Wildman–Crippen LogP) is 1.92. The van der Waals surface area contributed by atoms with Crippen molar-refractivity contribution >= 4 is 11.4 Å². The van der Waals surface area contributed by atoms with Crippen LogP contribution in [0.15, 0.2) is 18.2 Å². The molecule has 1 aromatic carbocycles. The van der Waals surface area contributed by atoms with E-state index in [2.05, 4.69) is 10.2 Å². The molecule has 0 spiro atoms. The zero-order valence-corrected chi connectivity index (χ0v) is 9.38. The number of hydrogen-bond acceptors (Lipinski definition) is 3. The Bertz CT molecular complexity index is 348. The predicted molar refractivity (Wildman–Crippen MR) is 65.0 cm³/mol. The lowest BCUT2D eigenvalue weighted by Crippen LogP contribution is -2.26. The Labute approximate surface area is 95.4 Å². The summed E-state index contributed by atoms with van der Waals surface area (Å²) >= 11 is 0. The minimum Gasteiger partial charge on any atom is -0.397 e. The third-order valence-electron chi connectivity index (χ3n) is 2.96. The molecule has 16 heavy (non-hydrogen) atoms. The molecule has 0 amide bonds. The van der Waals surface area contributed by atoms with Crippen LogP contribution in [0, 0.1) is 5.82 Å². The average Bonchev–Trinajstić information content (AvgIpc) is 2.76. The molecular formula is C12H18FN3. The molecule has 1 aliphatic heterocycles. The number of likely N-dealkylation sites (tertiary alicyclic amines) is 1.